The van der Waals surface area contributed by atoms with Gasteiger partial charge in [-0.15, -0.1) is 11.3 Å². The van der Waals surface area contributed by atoms with Crippen molar-refractivity contribution in [1.82, 2.24) is 9.47 Å². The molecule has 1 amide bonds. The maximum atomic E-state index is 13.0. The Balaban J connectivity index is 1.89. The third-order valence-electron chi connectivity index (χ3n) is 4.79. The highest BCUT2D eigenvalue weighted by atomic mass is 32.1. The normalized spacial score (nSPS) is 16.0. The van der Waals surface area contributed by atoms with E-state index in [2.05, 4.69) is 30.5 Å². The van der Waals surface area contributed by atoms with E-state index in [-0.39, 0.29) is 5.91 Å². The first-order valence-electron chi connectivity index (χ1n) is 8.09. The van der Waals surface area contributed by atoms with Gasteiger partial charge in [0.2, 0.25) is 0 Å². The minimum absolute atomic E-state index is 0.163. The Hall–Kier alpha value is -1.55. The monoisotopic (exact) mass is 316 g/mol. The second-order valence-corrected chi connectivity index (χ2v) is 7.19. The Bertz CT molecular complexity index is 645. The zero-order valence-corrected chi connectivity index (χ0v) is 14.4. The highest BCUT2D eigenvalue weighted by Crippen LogP contribution is 2.29. The summed E-state index contributed by atoms with van der Waals surface area (Å²) in [5, 5.41) is 3.07. The summed E-state index contributed by atoms with van der Waals surface area (Å²) in [4.78, 5) is 14.9. The summed E-state index contributed by atoms with van der Waals surface area (Å²) < 4.78 is 2.19. The maximum absolute atomic E-state index is 13.0. The molecule has 1 fully saturated rings. The van der Waals surface area contributed by atoms with Gasteiger partial charge in [0.1, 0.15) is 5.00 Å². The van der Waals surface area contributed by atoms with E-state index in [1.807, 2.05) is 23.4 Å². The molecule has 2 heterocycles. The molecule has 118 valence electrons. The summed E-state index contributed by atoms with van der Waals surface area (Å²) in [6.45, 7) is 4.18. The van der Waals surface area contributed by atoms with Crippen LogP contribution >= 0.6 is 11.3 Å². The molecule has 1 aliphatic rings. The molecule has 0 radical (unpaired) electrons. The molecule has 0 N–H and O–H groups in total. The van der Waals surface area contributed by atoms with Crippen LogP contribution in [-0.2, 0) is 0 Å². The zero-order chi connectivity index (χ0) is 15.7. The van der Waals surface area contributed by atoms with E-state index < -0.39 is 0 Å². The van der Waals surface area contributed by atoms with Crippen LogP contribution in [-0.4, -0.2) is 28.5 Å². The summed E-state index contributed by atoms with van der Waals surface area (Å²) in [6, 6.07) is 6.59. The Morgan fingerprint density at radius 2 is 1.77 bits per heavy atom. The summed E-state index contributed by atoms with van der Waals surface area (Å²) in [5.41, 5.74) is 3.18. The van der Waals surface area contributed by atoms with E-state index in [1.54, 1.807) is 11.3 Å². The van der Waals surface area contributed by atoms with Crippen molar-refractivity contribution in [3.05, 3.63) is 40.5 Å². The largest absolute Gasteiger partial charge is 0.339 e. The molecule has 1 aliphatic carbocycles. The minimum Gasteiger partial charge on any atom is -0.339 e. The van der Waals surface area contributed by atoms with Gasteiger partial charge in [0.25, 0.3) is 5.91 Å². The van der Waals surface area contributed by atoms with E-state index in [0.717, 1.165) is 23.4 Å². The van der Waals surface area contributed by atoms with E-state index in [9.17, 15) is 4.79 Å². The molecule has 0 aliphatic heterocycles. The molecule has 2 aromatic heterocycles. The van der Waals surface area contributed by atoms with Crippen LogP contribution in [0.3, 0.4) is 0 Å². The van der Waals surface area contributed by atoms with Gasteiger partial charge in [0.05, 0.1) is 5.56 Å². The lowest BCUT2D eigenvalue weighted by atomic mass is 9.94. The molecule has 3 nitrogen and oxygen atoms in total. The number of aryl methyl sites for hydroxylation is 2. The second kappa shape index (κ2) is 6.29. The fraction of sp³-hybridized carbons (Fsp3) is 0.500. The highest BCUT2D eigenvalue weighted by molar-refractivity contribution is 7.13. The maximum Gasteiger partial charge on any atom is 0.256 e. The zero-order valence-electron chi connectivity index (χ0n) is 13.6. The van der Waals surface area contributed by atoms with E-state index in [4.69, 9.17) is 0 Å². The third-order valence-corrected chi connectivity index (χ3v) is 5.69. The van der Waals surface area contributed by atoms with Crippen LogP contribution < -0.4 is 0 Å². The number of thiophene rings is 1. The Labute approximate surface area is 136 Å². The first-order valence-corrected chi connectivity index (χ1v) is 8.97. The highest BCUT2D eigenvalue weighted by Gasteiger charge is 2.26. The molecule has 0 atom stereocenters. The average Bonchev–Trinajstić information content (AvgIpc) is 3.13. The van der Waals surface area contributed by atoms with E-state index >= 15 is 0 Å². The van der Waals surface area contributed by atoms with Crippen molar-refractivity contribution < 1.29 is 4.79 Å². The van der Waals surface area contributed by atoms with Crippen molar-refractivity contribution in [2.24, 2.45) is 0 Å². The van der Waals surface area contributed by atoms with Crippen LogP contribution in [0.1, 0.15) is 53.8 Å². The lowest BCUT2D eigenvalue weighted by Gasteiger charge is -2.31. The number of amides is 1. The molecule has 4 heteroatoms. The van der Waals surface area contributed by atoms with E-state index in [0.29, 0.717) is 6.04 Å². The van der Waals surface area contributed by atoms with Gasteiger partial charge in [0.15, 0.2) is 0 Å². The number of carbonyl (C=O) groups is 1. The van der Waals surface area contributed by atoms with Crippen molar-refractivity contribution in [3.63, 3.8) is 0 Å². The average molecular weight is 316 g/mol. The van der Waals surface area contributed by atoms with Gasteiger partial charge in [-0.3, -0.25) is 4.79 Å². The number of nitrogens with zero attached hydrogens (tertiary/aromatic N) is 2. The topological polar surface area (TPSA) is 25.2 Å². The SMILES string of the molecule is Cc1ccc(C)n1-c1sccc1C(=O)N(C)C1CCCCC1. The molecule has 0 bridgehead atoms. The molecular formula is C18H24N2OS. The molecule has 0 aromatic carbocycles. The second-order valence-electron chi connectivity index (χ2n) is 6.30. The predicted octanol–water partition coefficient (Wildman–Crippen LogP) is 4.56. The smallest absolute Gasteiger partial charge is 0.256 e. The number of hydrogen-bond donors (Lipinski definition) is 0. The lowest BCUT2D eigenvalue weighted by molar-refractivity contribution is 0.0697. The summed E-state index contributed by atoms with van der Waals surface area (Å²) >= 11 is 1.64. The summed E-state index contributed by atoms with van der Waals surface area (Å²) in [5.74, 6) is 0.163. The van der Waals surface area contributed by atoms with Gasteiger partial charge in [-0.2, -0.15) is 0 Å². The van der Waals surface area contributed by atoms with Gasteiger partial charge < -0.3 is 9.47 Å². The first kappa shape index (κ1) is 15.3. The molecule has 0 spiro atoms. The van der Waals surface area contributed by atoms with Gasteiger partial charge in [-0.25, -0.2) is 0 Å². The molecule has 1 saturated carbocycles. The molecule has 22 heavy (non-hydrogen) atoms. The molecule has 3 rings (SSSR count). The molecule has 0 unspecified atom stereocenters. The quantitative estimate of drug-likeness (QED) is 0.815. The van der Waals surface area contributed by atoms with E-state index in [1.165, 1.54) is 30.7 Å². The van der Waals surface area contributed by atoms with Crippen LogP contribution in [0.5, 0.6) is 0 Å². The van der Waals surface area contributed by atoms with Crippen LogP contribution in [0, 0.1) is 13.8 Å². The Kier molecular flexibility index (Phi) is 4.39. The Morgan fingerprint density at radius 3 is 2.41 bits per heavy atom. The van der Waals surface area contributed by atoms with Crippen molar-refractivity contribution in [2.45, 2.75) is 52.0 Å². The van der Waals surface area contributed by atoms with Gasteiger partial charge in [0, 0.05) is 24.5 Å². The van der Waals surface area contributed by atoms with Crippen molar-refractivity contribution >= 4 is 17.2 Å². The molecule has 2 aromatic rings. The van der Waals surface area contributed by atoms with Crippen LogP contribution in [0.2, 0.25) is 0 Å². The number of carbonyl (C=O) groups excluding carboxylic acids is 1. The lowest BCUT2D eigenvalue weighted by Crippen LogP contribution is -2.38. The Morgan fingerprint density at radius 1 is 1.14 bits per heavy atom. The van der Waals surface area contributed by atoms with Gasteiger partial charge >= 0.3 is 0 Å². The number of rotatable bonds is 3. The van der Waals surface area contributed by atoms with Gasteiger partial charge in [-0.1, -0.05) is 19.3 Å². The third kappa shape index (κ3) is 2.72. The van der Waals surface area contributed by atoms with Crippen LogP contribution in [0.25, 0.3) is 5.00 Å². The first-order chi connectivity index (χ1) is 10.6. The molecular weight excluding hydrogens is 292 g/mol. The molecule has 0 saturated heterocycles. The van der Waals surface area contributed by atoms with Crippen molar-refractivity contribution in [2.75, 3.05) is 7.05 Å². The van der Waals surface area contributed by atoms with Crippen LogP contribution in [0.15, 0.2) is 23.6 Å². The fourth-order valence-corrected chi connectivity index (χ4v) is 4.46. The number of hydrogen-bond acceptors (Lipinski definition) is 2. The van der Waals surface area contributed by atoms with Gasteiger partial charge in [-0.05, 0) is 50.3 Å². The van der Waals surface area contributed by atoms with Crippen molar-refractivity contribution in [1.29, 1.82) is 0 Å². The predicted molar refractivity (Wildman–Crippen MR) is 92.1 cm³/mol. The summed E-state index contributed by atoms with van der Waals surface area (Å²) in [6.07, 6.45) is 6.08. The minimum atomic E-state index is 0.163. The van der Waals surface area contributed by atoms with Crippen LogP contribution in [0.4, 0.5) is 0 Å². The summed E-state index contributed by atoms with van der Waals surface area (Å²) in [7, 11) is 1.97. The van der Waals surface area contributed by atoms with Crippen molar-refractivity contribution in [3.8, 4) is 5.00 Å². The number of aromatic nitrogens is 1. The standard InChI is InChI=1S/C18H24N2OS/c1-13-9-10-14(2)20(13)18-16(11-12-22-18)17(21)19(3)15-7-5-4-6-8-15/h9-12,15H,4-8H2,1-3H3. The fourth-order valence-electron chi connectivity index (χ4n) is 3.45.